The average molecular weight is 278 g/mol. The van der Waals surface area contributed by atoms with Crippen LogP contribution in [0.5, 0.6) is 0 Å². The zero-order valence-corrected chi connectivity index (χ0v) is 11.5. The molecule has 4 aromatic rings. The summed E-state index contributed by atoms with van der Waals surface area (Å²) in [7, 11) is 0. The molecule has 1 nitrogen and oxygen atoms in total. The highest BCUT2D eigenvalue weighted by atomic mass is 35.5. The quantitative estimate of drug-likeness (QED) is 0.463. The normalized spacial score (nSPS) is 11.2. The second kappa shape index (κ2) is 4.39. The Morgan fingerprint density at radius 3 is 2.20 bits per heavy atom. The van der Waals surface area contributed by atoms with E-state index in [2.05, 4.69) is 47.4 Å². The van der Waals surface area contributed by atoms with E-state index in [4.69, 9.17) is 11.6 Å². The number of rotatable bonds is 1. The summed E-state index contributed by atoms with van der Waals surface area (Å²) in [6.45, 7) is 0. The summed E-state index contributed by atoms with van der Waals surface area (Å²) >= 11 is 6.27. The number of hydrogen-bond donors (Lipinski definition) is 1. The van der Waals surface area contributed by atoms with Crippen molar-refractivity contribution in [2.24, 2.45) is 0 Å². The van der Waals surface area contributed by atoms with Crippen LogP contribution in [-0.2, 0) is 0 Å². The van der Waals surface area contributed by atoms with Gasteiger partial charge in [0.15, 0.2) is 0 Å². The van der Waals surface area contributed by atoms with Crippen LogP contribution in [0, 0.1) is 0 Å². The molecule has 2 heteroatoms. The van der Waals surface area contributed by atoms with Gasteiger partial charge in [0.05, 0.1) is 0 Å². The van der Waals surface area contributed by atoms with E-state index in [1.165, 1.54) is 16.2 Å². The minimum absolute atomic E-state index is 0.767. The van der Waals surface area contributed by atoms with Crippen molar-refractivity contribution in [2.75, 3.05) is 0 Å². The number of H-pyrrole nitrogens is 1. The molecule has 0 unspecified atom stereocenters. The van der Waals surface area contributed by atoms with Crippen molar-refractivity contribution in [2.45, 2.75) is 0 Å². The molecule has 0 bridgehead atoms. The molecule has 1 heterocycles. The van der Waals surface area contributed by atoms with Crippen LogP contribution in [0.4, 0.5) is 0 Å². The molecule has 0 aliphatic carbocycles. The molecule has 0 spiro atoms. The lowest BCUT2D eigenvalue weighted by Crippen LogP contribution is -1.77. The molecular formula is C18H12ClN. The van der Waals surface area contributed by atoms with E-state index in [1.54, 1.807) is 0 Å². The highest BCUT2D eigenvalue weighted by Crippen LogP contribution is 2.31. The summed E-state index contributed by atoms with van der Waals surface area (Å²) in [5.74, 6) is 0. The average Bonchev–Trinajstić information content (AvgIpc) is 2.87. The third-order valence-electron chi connectivity index (χ3n) is 3.65. The Kier molecular flexibility index (Phi) is 2.54. The molecule has 0 aliphatic heterocycles. The Balaban J connectivity index is 1.99. The maximum atomic E-state index is 6.27. The number of aromatic nitrogens is 1. The molecule has 0 radical (unpaired) electrons. The van der Waals surface area contributed by atoms with Crippen LogP contribution in [0.1, 0.15) is 0 Å². The van der Waals surface area contributed by atoms with E-state index in [0.717, 1.165) is 21.8 Å². The van der Waals surface area contributed by atoms with Gasteiger partial charge < -0.3 is 4.98 Å². The SMILES string of the molecule is Clc1ccccc1-c1cc2cc3ccccc3cc2[nH]1. The number of aromatic amines is 1. The zero-order chi connectivity index (χ0) is 13.5. The molecule has 0 saturated heterocycles. The van der Waals surface area contributed by atoms with E-state index in [0.29, 0.717) is 0 Å². The van der Waals surface area contributed by atoms with Gasteiger partial charge in [0.25, 0.3) is 0 Å². The largest absolute Gasteiger partial charge is 0.354 e. The molecule has 4 rings (SSSR count). The maximum absolute atomic E-state index is 6.27. The van der Waals surface area contributed by atoms with Gasteiger partial charge in [-0.1, -0.05) is 54.1 Å². The summed E-state index contributed by atoms with van der Waals surface area (Å²) < 4.78 is 0. The van der Waals surface area contributed by atoms with Crippen LogP contribution in [0.15, 0.2) is 66.7 Å². The predicted octanol–water partition coefficient (Wildman–Crippen LogP) is 5.64. The van der Waals surface area contributed by atoms with Crippen LogP contribution in [-0.4, -0.2) is 4.98 Å². The number of nitrogens with one attached hydrogen (secondary N) is 1. The predicted molar refractivity (Wildman–Crippen MR) is 86.3 cm³/mol. The van der Waals surface area contributed by atoms with Crippen molar-refractivity contribution in [3.63, 3.8) is 0 Å². The monoisotopic (exact) mass is 277 g/mol. The van der Waals surface area contributed by atoms with Crippen LogP contribution in [0.3, 0.4) is 0 Å². The second-order valence-electron chi connectivity index (χ2n) is 4.95. The lowest BCUT2D eigenvalue weighted by molar-refractivity contribution is 1.46. The molecular weight excluding hydrogens is 266 g/mol. The van der Waals surface area contributed by atoms with E-state index in [9.17, 15) is 0 Å². The molecule has 96 valence electrons. The van der Waals surface area contributed by atoms with E-state index >= 15 is 0 Å². The summed E-state index contributed by atoms with van der Waals surface area (Å²) in [6.07, 6.45) is 0. The van der Waals surface area contributed by atoms with Crippen LogP contribution in [0.2, 0.25) is 5.02 Å². The molecule has 0 atom stereocenters. The fourth-order valence-corrected chi connectivity index (χ4v) is 2.88. The van der Waals surface area contributed by atoms with Crippen molar-refractivity contribution < 1.29 is 0 Å². The second-order valence-corrected chi connectivity index (χ2v) is 5.36. The molecule has 1 N–H and O–H groups in total. The smallest absolute Gasteiger partial charge is 0.0499 e. The summed E-state index contributed by atoms with van der Waals surface area (Å²) in [6, 6.07) is 22.8. The zero-order valence-electron chi connectivity index (χ0n) is 10.7. The molecule has 3 aromatic carbocycles. The molecule has 0 fully saturated rings. The molecule has 0 aliphatic rings. The molecule has 20 heavy (non-hydrogen) atoms. The van der Waals surface area contributed by atoms with Gasteiger partial charge >= 0.3 is 0 Å². The Labute approximate surface area is 121 Å². The fraction of sp³-hybridized carbons (Fsp3) is 0. The Morgan fingerprint density at radius 1 is 0.700 bits per heavy atom. The van der Waals surface area contributed by atoms with Crippen molar-refractivity contribution in [1.82, 2.24) is 4.98 Å². The van der Waals surface area contributed by atoms with Crippen LogP contribution >= 0.6 is 11.6 Å². The Hall–Kier alpha value is -2.25. The standard InChI is InChI=1S/C18H12ClN/c19-16-8-4-3-7-15(16)18-11-14-9-12-5-1-2-6-13(12)10-17(14)20-18/h1-11,20H. The third kappa shape index (κ3) is 1.79. The first-order valence-electron chi connectivity index (χ1n) is 6.58. The number of hydrogen-bond acceptors (Lipinski definition) is 0. The minimum atomic E-state index is 0.767. The van der Waals surface area contributed by atoms with Crippen LogP contribution < -0.4 is 0 Å². The van der Waals surface area contributed by atoms with Gasteiger partial charge in [-0.2, -0.15) is 0 Å². The van der Waals surface area contributed by atoms with Crippen molar-refractivity contribution in [1.29, 1.82) is 0 Å². The molecule has 0 amide bonds. The first kappa shape index (κ1) is 11.6. The Morgan fingerprint density at radius 2 is 1.40 bits per heavy atom. The topological polar surface area (TPSA) is 15.8 Å². The van der Waals surface area contributed by atoms with E-state index < -0.39 is 0 Å². The third-order valence-corrected chi connectivity index (χ3v) is 3.98. The fourth-order valence-electron chi connectivity index (χ4n) is 2.65. The minimum Gasteiger partial charge on any atom is -0.354 e. The van der Waals surface area contributed by atoms with Gasteiger partial charge in [0, 0.05) is 27.2 Å². The number of fused-ring (bicyclic) bond motifs is 2. The summed E-state index contributed by atoms with van der Waals surface area (Å²) in [5.41, 5.74) is 3.23. The van der Waals surface area contributed by atoms with Crippen molar-refractivity contribution >= 4 is 33.3 Å². The number of halogens is 1. The first-order valence-corrected chi connectivity index (χ1v) is 6.95. The number of benzene rings is 3. The summed E-state index contributed by atoms with van der Waals surface area (Å²) in [4.78, 5) is 3.46. The first-order chi connectivity index (χ1) is 9.81. The van der Waals surface area contributed by atoms with Crippen LogP contribution in [0.25, 0.3) is 32.9 Å². The lowest BCUT2D eigenvalue weighted by Gasteiger charge is -1.99. The van der Waals surface area contributed by atoms with Crippen molar-refractivity contribution in [3.05, 3.63) is 71.8 Å². The van der Waals surface area contributed by atoms with Gasteiger partial charge in [-0.05, 0) is 35.0 Å². The maximum Gasteiger partial charge on any atom is 0.0499 e. The lowest BCUT2D eigenvalue weighted by atomic mass is 10.1. The van der Waals surface area contributed by atoms with E-state index in [1.807, 2.05) is 24.3 Å². The summed E-state index contributed by atoms with van der Waals surface area (Å²) in [5, 5.41) is 4.47. The Bertz CT molecular complexity index is 868. The van der Waals surface area contributed by atoms with Gasteiger partial charge in [0.2, 0.25) is 0 Å². The van der Waals surface area contributed by atoms with Crippen molar-refractivity contribution in [3.8, 4) is 11.3 Å². The molecule has 1 aromatic heterocycles. The van der Waals surface area contributed by atoms with Gasteiger partial charge in [0.1, 0.15) is 0 Å². The highest BCUT2D eigenvalue weighted by molar-refractivity contribution is 6.33. The molecule has 0 saturated carbocycles. The van der Waals surface area contributed by atoms with Gasteiger partial charge in [-0.15, -0.1) is 0 Å². The van der Waals surface area contributed by atoms with Gasteiger partial charge in [-0.25, -0.2) is 0 Å². The van der Waals surface area contributed by atoms with Gasteiger partial charge in [-0.3, -0.25) is 0 Å². The highest BCUT2D eigenvalue weighted by Gasteiger charge is 2.07. The van der Waals surface area contributed by atoms with E-state index in [-0.39, 0.29) is 0 Å².